The summed E-state index contributed by atoms with van der Waals surface area (Å²) in [6.07, 6.45) is 8.51. The van der Waals surface area contributed by atoms with Crippen LogP contribution in [0.1, 0.15) is 32.1 Å². The number of imidazole rings is 1. The molecule has 2 aromatic rings. The Kier molecular flexibility index (Phi) is 2.66. The van der Waals surface area contributed by atoms with Crippen molar-refractivity contribution >= 4 is 17.0 Å². The Bertz CT molecular complexity index is 627. The van der Waals surface area contributed by atoms with Crippen LogP contribution in [0.15, 0.2) is 12.7 Å². The Labute approximate surface area is 117 Å². The van der Waals surface area contributed by atoms with Crippen LogP contribution in [0, 0.1) is 5.92 Å². The number of fused-ring (bicyclic) bond motifs is 2. The van der Waals surface area contributed by atoms with E-state index in [4.69, 9.17) is 0 Å². The number of piperidine rings is 1. The second kappa shape index (κ2) is 4.41. The Morgan fingerprint density at radius 1 is 1.25 bits per heavy atom. The molecule has 6 nitrogen and oxygen atoms in total. The summed E-state index contributed by atoms with van der Waals surface area (Å²) in [5.41, 5.74) is 1.16. The van der Waals surface area contributed by atoms with Gasteiger partial charge in [0.05, 0.1) is 11.9 Å². The predicted octanol–water partition coefficient (Wildman–Crippen LogP) is 1.48. The molecule has 106 valence electrons. The first kappa shape index (κ1) is 12.1. The van der Waals surface area contributed by atoms with E-state index in [2.05, 4.69) is 24.8 Å². The SMILES string of the molecule is O[C@]12CCCC[C@@H]1CN(c1ncnc3nc[nH]c13)CC2. The molecule has 1 aliphatic carbocycles. The van der Waals surface area contributed by atoms with Crippen molar-refractivity contribution in [2.75, 3.05) is 18.0 Å². The van der Waals surface area contributed by atoms with E-state index in [-0.39, 0.29) is 0 Å². The van der Waals surface area contributed by atoms with E-state index in [0.717, 1.165) is 50.1 Å². The van der Waals surface area contributed by atoms with Gasteiger partial charge in [-0.25, -0.2) is 15.0 Å². The highest BCUT2D eigenvalue weighted by atomic mass is 16.3. The molecule has 0 unspecified atom stereocenters. The minimum absolute atomic E-state index is 0.359. The number of aliphatic hydroxyl groups is 1. The van der Waals surface area contributed by atoms with E-state index in [1.807, 2.05) is 0 Å². The van der Waals surface area contributed by atoms with Crippen LogP contribution in [0.5, 0.6) is 0 Å². The number of aromatic nitrogens is 4. The second-order valence-electron chi connectivity index (χ2n) is 6.04. The molecule has 0 bridgehead atoms. The summed E-state index contributed by atoms with van der Waals surface area (Å²) in [7, 11) is 0. The lowest BCUT2D eigenvalue weighted by Crippen LogP contribution is -2.53. The fourth-order valence-corrected chi connectivity index (χ4v) is 3.76. The van der Waals surface area contributed by atoms with Crippen LogP contribution in [0.3, 0.4) is 0 Å². The molecule has 1 saturated carbocycles. The quantitative estimate of drug-likeness (QED) is 0.823. The van der Waals surface area contributed by atoms with Gasteiger partial charge in [-0.1, -0.05) is 12.8 Å². The first-order valence-electron chi connectivity index (χ1n) is 7.38. The monoisotopic (exact) mass is 273 g/mol. The average molecular weight is 273 g/mol. The van der Waals surface area contributed by atoms with Gasteiger partial charge in [0.15, 0.2) is 11.5 Å². The van der Waals surface area contributed by atoms with Crippen molar-refractivity contribution in [3.63, 3.8) is 0 Å². The Morgan fingerprint density at radius 2 is 2.20 bits per heavy atom. The zero-order valence-corrected chi connectivity index (χ0v) is 11.4. The molecule has 1 saturated heterocycles. The van der Waals surface area contributed by atoms with Crippen LogP contribution in [-0.2, 0) is 0 Å². The minimum atomic E-state index is -0.450. The first-order valence-corrected chi connectivity index (χ1v) is 7.38. The van der Waals surface area contributed by atoms with Crippen LogP contribution in [0.2, 0.25) is 0 Å². The number of rotatable bonds is 1. The fraction of sp³-hybridized carbons (Fsp3) is 0.643. The molecule has 3 heterocycles. The molecule has 20 heavy (non-hydrogen) atoms. The van der Waals surface area contributed by atoms with Gasteiger partial charge in [-0.3, -0.25) is 0 Å². The molecule has 0 radical (unpaired) electrons. The summed E-state index contributed by atoms with van der Waals surface area (Å²) in [5, 5.41) is 10.7. The van der Waals surface area contributed by atoms with Crippen LogP contribution >= 0.6 is 0 Å². The summed E-state index contributed by atoms with van der Waals surface area (Å²) >= 11 is 0. The van der Waals surface area contributed by atoms with E-state index in [0.29, 0.717) is 11.6 Å². The fourth-order valence-electron chi connectivity index (χ4n) is 3.76. The third-order valence-electron chi connectivity index (χ3n) is 4.93. The lowest BCUT2D eigenvalue weighted by molar-refractivity contribution is -0.0613. The standard InChI is InChI=1S/C14H19N5O/c20-14-4-2-1-3-10(14)7-19(6-5-14)13-11-12(16-8-15-11)17-9-18-13/h8-10,20H,1-7H2,(H,15,16,17,18)/t10-,14+/m1/s1. The Morgan fingerprint density at radius 3 is 3.15 bits per heavy atom. The molecular formula is C14H19N5O. The van der Waals surface area contributed by atoms with E-state index in [1.165, 1.54) is 6.42 Å². The maximum atomic E-state index is 10.7. The molecule has 2 N–H and O–H groups in total. The molecule has 1 aliphatic heterocycles. The third kappa shape index (κ3) is 1.78. The molecule has 4 rings (SSSR count). The van der Waals surface area contributed by atoms with Gasteiger partial charge in [-0.2, -0.15) is 0 Å². The van der Waals surface area contributed by atoms with Gasteiger partial charge in [0.25, 0.3) is 0 Å². The molecule has 6 heteroatoms. The normalized spacial score (nSPS) is 30.4. The largest absolute Gasteiger partial charge is 0.389 e. The molecule has 2 aliphatic rings. The minimum Gasteiger partial charge on any atom is -0.389 e. The van der Waals surface area contributed by atoms with Gasteiger partial charge in [0.1, 0.15) is 11.8 Å². The number of hydrogen-bond acceptors (Lipinski definition) is 5. The number of H-pyrrole nitrogens is 1. The van der Waals surface area contributed by atoms with Crippen molar-refractivity contribution in [1.29, 1.82) is 0 Å². The molecule has 2 aromatic heterocycles. The smallest absolute Gasteiger partial charge is 0.182 e. The summed E-state index contributed by atoms with van der Waals surface area (Å²) < 4.78 is 0. The Hall–Kier alpha value is -1.69. The van der Waals surface area contributed by atoms with Gasteiger partial charge in [0.2, 0.25) is 0 Å². The predicted molar refractivity (Wildman–Crippen MR) is 75.4 cm³/mol. The highest BCUT2D eigenvalue weighted by Crippen LogP contribution is 2.41. The van der Waals surface area contributed by atoms with E-state index in [1.54, 1.807) is 12.7 Å². The topological polar surface area (TPSA) is 77.9 Å². The maximum absolute atomic E-state index is 10.7. The molecule has 0 spiro atoms. The van der Waals surface area contributed by atoms with Gasteiger partial charge in [0, 0.05) is 19.0 Å². The van der Waals surface area contributed by atoms with Crippen molar-refractivity contribution in [1.82, 2.24) is 19.9 Å². The molecule has 2 fully saturated rings. The highest BCUT2D eigenvalue weighted by molar-refractivity contribution is 5.82. The summed E-state index contributed by atoms with van der Waals surface area (Å²) in [5.74, 6) is 1.28. The molecule has 2 atom stereocenters. The van der Waals surface area contributed by atoms with Crippen molar-refractivity contribution in [2.24, 2.45) is 5.92 Å². The zero-order valence-electron chi connectivity index (χ0n) is 11.4. The van der Waals surface area contributed by atoms with Crippen molar-refractivity contribution in [3.05, 3.63) is 12.7 Å². The van der Waals surface area contributed by atoms with Crippen LogP contribution < -0.4 is 4.90 Å². The maximum Gasteiger partial charge on any atom is 0.182 e. The van der Waals surface area contributed by atoms with Gasteiger partial charge in [-0.15, -0.1) is 0 Å². The van der Waals surface area contributed by atoms with Crippen molar-refractivity contribution in [2.45, 2.75) is 37.7 Å². The number of nitrogens with zero attached hydrogens (tertiary/aromatic N) is 4. The number of hydrogen-bond donors (Lipinski definition) is 2. The number of nitrogens with one attached hydrogen (secondary N) is 1. The number of aromatic amines is 1. The van der Waals surface area contributed by atoms with E-state index >= 15 is 0 Å². The van der Waals surface area contributed by atoms with Crippen molar-refractivity contribution < 1.29 is 5.11 Å². The Balaban J connectivity index is 1.65. The third-order valence-corrected chi connectivity index (χ3v) is 4.93. The van der Waals surface area contributed by atoms with E-state index in [9.17, 15) is 5.11 Å². The van der Waals surface area contributed by atoms with E-state index < -0.39 is 5.60 Å². The summed E-state index contributed by atoms with van der Waals surface area (Å²) in [6, 6.07) is 0. The van der Waals surface area contributed by atoms with Gasteiger partial charge >= 0.3 is 0 Å². The average Bonchev–Trinajstić information content (AvgIpc) is 2.94. The van der Waals surface area contributed by atoms with Crippen LogP contribution in [0.4, 0.5) is 5.82 Å². The van der Waals surface area contributed by atoms with Gasteiger partial charge in [-0.05, 0) is 19.3 Å². The summed E-state index contributed by atoms with van der Waals surface area (Å²) in [4.78, 5) is 18.2. The second-order valence-corrected chi connectivity index (χ2v) is 6.04. The van der Waals surface area contributed by atoms with Crippen LogP contribution in [0.25, 0.3) is 11.2 Å². The number of anilines is 1. The molecule has 0 aromatic carbocycles. The summed E-state index contributed by atoms with van der Waals surface area (Å²) in [6.45, 7) is 1.72. The molecule has 0 amide bonds. The van der Waals surface area contributed by atoms with Gasteiger partial charge < -0.3 is 15.0 Å². The lowest BCUT2D eigenvalue weighted by atomic mass is 9.71. The highest BCUT2D eigenvalue weighted by Gasteiger charge is 2.43. The first-order chi connectivity index (χ1) is 9.76. The van der Waals surface area contributed by atoms with Crippen molar-refractivity contribution in [3.8, 4) is 0 Å². The zero-order chi connectivity index (χ0) is 13.6. The lowest BCUT2D eigenvalue weighted by Gasteiger charge is -2.47. The van der Waals surface area contributed by atoms with Crippen LogP contribution in [-0.4, -0.2) is 43.7 Å². The molecular weight excluding hydrogens is 254 g/mol.